The van der Waals surface area contributed by atoms with E-state index >= 15 is 0 Å². The Kier molecular flexibility index (Phi) is 5.76. The number of amides is 1. The summed E-state index contributed by atoms with van der Waals surface area (Å²) < 4.78 is 11.9. The SMILES string of the molecule is CCCCSc1nnc2c(n1)OC(c1ccco1)N(C(C)=O)c1c(C)cc(C)cc1-2. The van der Waals surface area contributed by atoms with Gasteiger partial charge in [-0.2, -0.15) is 4.98 Å². The first kappa shape index (κ1) is 20.4. The van der Waals surface area contributed by atoms with Crippen molar-refractivity contribution in [2.75, 3.05) is 10.7 Å². The molecular formula is C22H24N4O3S. The van der Waals surface area contributed by atoms with Crippen LogP contribution in [-0.2, 0) is 4.79 Å². The second kappa shape index (κ2) is 8.47. The average molecular weight is 425 g/mol. The van der Waals surface area contributed by atoms with Crippen LogP contribution in [0.2, 0.25) is 0 Å². The number of aromatic nitrogens is 3. The summed E-state index contributed by atoms with van der Waals surface area (Å²) in [5.74, 6) is 1.61. The number of hydrogen-bond acceptors (Lipinski definition) is 7. The van der Waals surface area contributed by atoms with Crippen molar-refractivity contribution in [1.82, 2.24) is 15.2 Å². The minimum atomic E-state index is -0.788. The second-order valence-electron chi connectivity index (χ2n) is 7.30. The van der Waals surface area contributed by atoms with E-state index in [4.69, 9.17) is 9.15 Å². The van der Waals surface area contributed by atoms with Gasteiger partial charge in [0.2, 0.25) is 23.2 Å². The van der Waals surface area contributed by atoms with Gasteiger partial charge in [-0.1, -0.05) is 36.7 Å². The fraction of sp³-hybridized carbons (Fsp3) is 0.364. The molecular weight excluding hydrogens is 400 g/mol. The quantitative estimate of drug-likeness (QED) is 0.417. The summed E-state index contributed by atoms with van der Waals surface area (Å²) in [7, 11) is 0. The first-order valence-electron chi connectivity index (χ1n) is 9.98. The van der Waals surface area contributed by atoms with Gasteiger partial charge >= 0.3 is 0 Å². The molecule has 0 aliphatic carbocycles. The maximum atomic E-state index is 12.8. The van der Waals surface area contributed by atoms with Crippen LogP contribution in [0.4, 0.5) is 5.69 Å². The fourth-order valence-electron chi connectivity index (χ4n) is 3.59. The Morgan fingerprint density at radius 3 is 2.80 bits per heavy atom. The number of hydrogen-bond donors (Lipinski definition) is 0. The van der Waals surface area contributed by atoms with E-state index < -0.39 is 6.23 Å². The summed E-state index contributed by atoms with van der Waals surface area (Å²) in [5.41, 5.74) is 4.03. The van der Waals surface area contributed by atoms with Gasteiger partial charge in [0.1, 0.15) is 0 Å². The third-order valence-corrected chi connectivity index (χ3v) is 5.81. The fourth-order valence-corrected chi connectivity index (χ4v) is 4.46. The molecule has 0 fully saturated rings. The van der Waals surface area contributed by atoms with Crippen LogP contribution in [0.5, 0.6) is 5.88 Å². The third-order valence-electron chi connectivity index (χ3n) is 4.89. The van der Waals surface area contributed by atoms with Crippen LogP contribution in [-0.4, -0.2) is 26.8 Å². The summed E-state index contributed by atoms with van der Waals surface area (Å²) in [4.78, 5) is 19.0. The van der Waals surface area contributed by atoms with E-state index in [9.17, 15) is 4.79 Å². The van der Waals surface area contributed by atoms with Crippen molar-refractivity contribution in [2.45, 2.75) is 51.9 Å². The highest BCUT2D eigenvalue weighted by atomic mass is 32.2. The molecule has 156 valence electrons. The number of ether oxygens (including phenoxy) is 1. The van der Waals surface area contributed by atoms with Crippen molar-refractivity contribution in [3.63, 3.8) is 0 Å². The first-order chi connectivity index (χ1) is 14.5. The molecule has 1 aromatic carbocycles. The molecule has 0 bridgehead atoms. The van der Waals surface area contributed by atoms with Crippen molar-refractivity contribution in [3.05, 3.63) is 47.4 Å². The topological polar surface area (TPSA) is 81.3 Å². The van der Waals surface area contributed by atoms with Gasteiger partial charge in [-0.15, -0.1) is 10.2 Å². The molecule has 0 spiro atoms. The number of benzene rings is 1. The molecule has 7 nitrogen and oxygen atoms in total. The first-order valence-corrected chi connectivity index (χ1v) is 11.0. The van der Waals surface area contributed by atoms with Gasteiger partial charge in [0, 0.05) is 18.2 Å². The van der Waals surface area contributed by atoms with Gasteiger partial charge < -0.3 is 9.15 Å². The molecule has 4 rings (SSSR count). The Balaban J connectivity index is 1.91. The van der Waals surface area contributed by atoms with Crippen molar-refractivity contribution in [1.29, 1.82) is 0 Å². The molecule has 30 heavy (non-hydrogen) atoms. The second-order valence-corrected chi connectivity index (χ2v) is 8.36. The van der Waals surface area contributed by atoms with Gasteiger partial charge in [0.25, 0.3) is 0 Å². The maximum absolute atomic E-state index is 12.8. The molecule has 0 N–H and O–H groups in total. The van der Waals surface area contributed by atoms with Gasteiger partial charge in [-0.25, -0.2) is 0 Å². The summed E-state index contributed by atoms with van der Waals surface area (Å²) in [6.07, 6.45) is 2.95. The minimum absolute atomic E-state index is 0.164. The molecule has 3 aromatic rings. The molecule has 8 heteroatoms. The van der Waals surface area contributed by atoms with Crippen LogP contribution in [0.3, 0.4) is 0 Å². The summed E-state index contributed by atoms with van der Waals surface area (Å²) >= 11 is 1.55. The largest absolute Gasteiger partial charge is 0.463 e. The minimum Gasteiger partial charge on any atom is -0.463 e. The lowest BCUT2D eigenvalue weighted by atomic mass is 10.0. The van der Waals surface area contributed by atoms with Gasteiger partial charge in [0.15, 0.2) is 11.5 Å². The molecule has 0 saturated carbocycles. The van der Waals surface area contributed by atoms with Gasteiger partial charge in [-0.3, -0.25) is 9.69 Å². The lowest BCUT2D eigenvalue weighted by molar-refractivity contribution is -0.118. The van der Waals surface area contributed by atoms with Gasteiger partial charge in [-0.05, 0) is 44.0 Å². The number of thioether (sulfide) groups is 1. The average Bonchev–Trinajstić information content (AvgIpc) is 3.19. The number of aryl methyl sites for hydroxylation is 2. The van der Waals surface area contributed by atoms with E-state index in [-0.39, 0.29) is 5.91 Å². The molecule has 0 saturated heterocycles. The van der Waals surface area contributed by atoms with Gasteiger partial charge in [0.05, 0.1) is 12.0 Å². The van der Waals surface area contributed by atoms with E-state index in [2.05, 4.69) is 22.1 Å². The maximum Gasteiger partial charge on any atom is 0.247 e. The summed E-state index contributed by atoms with van der Waals surface area (Å²) in [6.45, 7) is 7.65. The molecule has 1 atom stereocenters. The number of carbonyl (C=O) groups is 1. The molecule has 0 radical (unpaired) electrons. The number of rotatable bonds is 5. The molecule has 1 unspecified atom stereocenters. The highest BCUT2D eigenvalue weighted by Gasteiger charge is 2.37. The Morgan fingerprint density at radius 2 is 2.10 bits per heavy atom. The molecule has 1 aliphatic rings. The molecule has 1 amide bonds. The Morgan fingerprint density at radius 1 is 1.27 bits per heavy atom. The Hall–Kier alpha value is -2.87. The zero-order valence-electron chi connectivity index (χ0n) is 17.5. The monoisotopic (exact) mass is 424 g/mol. The Labute approximate surface area is 179 Å². The standard InChI is InChI=1S/C22H24N4O3S/c1-5-6-10-30-22-23-20-18(24-25-22)16-12-13(2)11-14(3)19(16)26(15(4)27)21(29-20)17-8-7-9-28-17/h7-9,11-12,21H,5-6,10H2,1-4H3. The van der Waals surface area contributed by atoms with E-state index in [0.29, 0.717) is 22.5 Å². The lowest BCUT2D eigenvalue weighted by Gasteiger charge is -2.29. The van der Waals surface area contributed by atoms with Crippen LogP contribution >= 0.6 is 11.8 Å². The predicted octanol–water partition coefficient (Wildman–Crippen LogP) is 5.08. The Bertz CT molecular complexity index is 1070. The summed E-state index contributed by atoms with van der Waals surface area (Å²) in [6, 6.07) is 7.59. The highest BCUT2D eigenvalue weighted by Crippen LogP contribution is 2.45. The molecule has 1 aliphatic heterocycles. The number of furan rings is 1. The zero-order chi connectivity index (χ0) is 21.3. The zero-order valence-corrected chi connectivity index (χ0v) is 18.3. The van der Waals surface area contributed by atoms with Crippen LogP contribution in [0.15, 0.2) is 40.1 Å². The van der Waals surface area contributed by atoms with E-state index in [1.165, 1.54) is 6.92 Å². The van der Waals surface area contributed by atoms with E-state index in [0.717, 1.165) is 41.0 Å². The third kappa shape index (κ3) is 3.79. The normalized spacial score (nSPS) is 15.2. The van der Waals surface area contributed by atoms with Crippen LogP contribution in [0.1, 0.15) is 49.8 Å². The van der Waals surface area contributed by atoms with Crippen molar-refractivity contribution in [2.24, 2.45) is 0 Å². The van der Waals surface area contributed by atoms with Crippen LogP contribution in [0, 0.1) is 13.8 Å². The highest BCUT2D eigenvalue weighted by molar-refractivity contribution is 7.99. The number of carbonyl (C=O) groups excluding carboxylic acids is 1. The smallest absolute Gasteiger partial charge is 0.247 e. The number of fused-ring (bicyclic) bond motifs is 3. The van der Waals surface area contributed by atoms with Crippen LogP contribution < -0.4 is 9.64 Å². The predicted molar refractivity (Wildman–Crippen MR) is 116 cm³/mol. The lowest BCUT2D eigenvalue weighted by Crippen LogP contribution is -2.36. The van der Waals surface area contributed by atoms with Crippen molar-refractivity contribution < 1.29 is 13.9 Å². The number of unbranched alkanes of at least 4 members (excludes halogenated alkanes) is 1. The number of nitrogens with zero attached hydrogens (tertiary/aromatic N) is 4. The van der Waals surface area contributed by atoms with Crippen LogP contribution in [0.25, 0.3) is 11.3 Å². The number of anilines is 1. The van der Waals surface area contributed by atoms with E-state index in [1.807, 2.05) is 26.0 Å². The van der Waals surface area contributed by atoms with Crippen molar-refractivity contribution >= 4 is 23.4 Å². The van der Waals surface area contributed by atoms with E-state index in [1.54, 1.807) is 35.1 Å². The van der Waals surface area contributed by atoms with Crippen molar-refractivity contribution in [3.8, 4) is 17.1 Å². The molecule has 2 aromatic heterocycles. The molecule has 3 heterocycles. The summed E-state index contributed by atoms with van der Waals surface area (Å²) in [5, 5.41) is 9.34.